The van der Waals surface area contributed by atoms with E-state index in [2.05, 4.69) is 0 Å². The molecule has 0 saturated carbocycles. The van der Waals surface area contributed by atoms with Crippen molar-refractivity contribution in [3.8, 4) is 0 Å². The first kappa shape index (κ1) is 13.5. The average molecular weight is 255 g/mol. The molecule has 1 aromatic rings. The molecular weight excluding hydrogens is 246 g/mol. The molecule has 0 saturated heterocycles. The van der Waals surface area contributed by atoms with Gasteiger partial charge in [-0.25, -0.2) is 0 Å². The van der Waals surface area contributed by atoms with E-state index >= 15 is 0 Å². The zero-order chi connectivity index (χ0) is 13.9. The fourth-order valence-electron chi connectivity index (χ4n) is 1.42. The van der Waals surface area contributed by atoms with E-state index in [1.165, 1.54) is 0 Å². The van der Waals surface area contributed by atoms with E-state index in [0.29, 0.717) is 0 Å². The fourth-order valence-corrected chi connectivity index (χ4v) is 1.42. The summed E-state index contributed by atoms with van der Waals surface area (Å²) < 4.78 is 0. The highest BCUT2D eigenvalue weighted by Gasteiger charge is 2.27. The predicted octanol–water partition coefficient (Wildman–Crippen LogP) is 0.457. The Bertz CT molecular complexity index is 483. The van der Waals surface area contributed by atoms with Gasteiger partial charge in [0.1, 0.15) is 11.6 Å². The second kappa shape index (κ2) is 5.19. The van der Waals surface area contributed by atoms with Crippen molar-refractivity contribution in [3.05, 3.63) is 44.0 Å². The smallest absolute Gasteiger partial charge is 0.320 e. The molecule has 0 bridgehead atoms. The molecule has 0 aliphatic carbocycles. The Kier molecular flexibility index (Phi) is 3.89. The van der Waals surface area contributed by atoms with Crippen LogP contribution in [0, 0.1) is 20.2 Å². The van der Waals surface area contributed by atoms with Crippen molar-refractivity contribution in [3.63, 3.8) is 0 Å². The van der Waals surface area contributed by atoms with E-state index in [1.807, 2.05) is 0 Å². The van der Waals surface area contributed by atoms with Gasteiger partial charge in [-0.3, -0.25) is 25.0 Å². The van der Waals surface area contributed by atoms with Gasteiger partial charge in [0.05, 0.1) is 9.85 Å². The Labute approximate surface area is 100 Å². The van der Waals surface area contributed by atoms with E-state index in [-0.39, 0.29) is 5.56 Å². The highest BCUT2D eigenvalue weighted by Crippen LogP contribution is 2.29. The maximum atomic E-state index is 10.7. The minimum atomic E-state index is -1.44. The maximum absolute atomic E-state index is 10.7. The monoisotopic (exact) mass is 255 g/mol. The maximum Gasteiger partial charge on any atom is 0.320 e. The third-order valence-electron chi connectivity index (χ3n) is 2.26. The van der Waals surface area contributed by atoms with E-state index in [9.17, 15) is 25.0 Å². The van der Waals surface area contributed by atoms with E-state index in [4.69, 9.17) is 10.8 Å². The number of nitrogens with two attached hydrogens (primary N) is 1. The number of carboxylic acid groups (broad SMARTS) is 1. The van der Waals surface area contributed by atoms with Crippen LogP contribution in [0.3, 0.4) is 0 Å². The number of aliphatic carboxylic acids is 1. The summed E-state index contributed by atoms with van der Waals surface area (Å²) in [5.41, 5.74) is 3.93. The van der Waals surface area contributed by atoms with Crippen molar-refractivity contribution in [2.75, 3.05) is 0 Å². The van der Waals surface area contributed by atoms with Crippen LogP contribution in [0.2, 0.25) is 0 Å². The summed E-state index contributed by atoms with van der Waals surface area (Å²) in [6.07, 6.45) is -0.483. The minimum Gasteiger partial charge on any atom is -0.480 e. The van der Waals surface area contributed by atoms with Gasteiger partial charge in [-0.2, -0.15) is 0 Å². The van der Waals surface area contributed by atoms with Gasteiger partial charge in [0.25, 0.3) is 11.4 Å². The number of carboxylic acids is 1. The summed E-state index contributed by atoms with van der Waals surface area (Å²) in [4.78, 5) is 30.5. The third kappa shape index (κ3) is 2.77. The highest BCUT2D eigenvalue weighted by molar-refractivity contribution is 5.74. The van der Waals surface area contributed by atoms with E-state index in [1.54, 1.807) is 0 Å². The lowest BCUT2D eigenvalue weighted by Crippen LogP contribution is -2.32. The molecule has 1 aromatic carbocycles. The molecule has 0 amide bonds. The lowest BCUT2D eigenvalue weighted by atomic mass is 10.0. The Morgan fingerprint density at radius 3 is 2.06 bits per heavy atom. The van der Waals surface area contributed by atoms with Crippen molar-refractivity contribution in [1.29, 1.82) is 0 Å². The van der Waals surface area contributed by atoms with Gasteiger partial charge in [-0.15, -0.1) is 0 Å². The molecular formula is C9H9N3O6. The van der Waals surface area contributed by atoms with Crippen LogP contribution in [-0.4, -0.2) is 27.0 Å². The molecule has 3 N–H and O–H groups in total. The lowest BCUT2D eigenvalue weighted by molar-refractivity contribution is -0.395. The largest absolute Gasteiger partial charge is 0.480 e. The zero-order valence-corrected chi connectivity index (χ0v) is 8.98. The number of benzene rings is 1. The SMILES string of the molecule is NC(Cc1c([N+](=O)[O-])cccc1[N+](=O)[O-])C(=O)O. The number of rotatable bonds is 5. The Morgan fingerprint density at radius 2 is 1.72 bits per heavy atom. The van der Waals surface area contributed by atoms with Crippen LogP contribution in [0.25, 0.3) is 0 Å². The molecule has 1 rings (SSSR count). The van der Waals surface area contributed by atoms with Crippen LogP contribution < -0.4 is 5.73 Å². The third-order valence-corrected chi connectivity index (χ3v) is 2.26. The van der Waals surface area contributed by atoms with Gasteiger partial charge >= 0.3 is 5.97 Å². The van der Waals surface area contributed by atoms with Crippen LogP contribution in [-0.2, 0) is 11.2 Å². The number of nitro benzene ring substituents is 2. The molecule has 1 atom stereocenters. The quantitative estimate of drug-likeness (QED) is 0.572. The number of hydrogen-bond donors (Lipinski definition) is 2. The van der Waals surface area contributed by atoms with Gasteiger partial charge < -0.3 is 10.8 Å². The summed E-state index contributed by atoms with van der Waals surface area (Å²) >= 11 is 0. The molecule has 0 radical (unpaired) electrons. The van der Waals surface area contributed by atoms with E-state index in [0.717, 1.165) is 18.2 Å². The average Bonchev–Trinajstić information content (AvgIpc) is 2.28. The van der Waals surface area contributed by atoms with Crippen molar-refractivity contribution in [2.24, 2.45) is 5.73 Å². The second-order valence-corrected chi connectivity index (χ2v) is 3.44. The van der Waals surface area contributed by atoms with Crippen LogP contribution in [0.4, 0.5) is 11.4 Å². The topological polar surface area (TPSA) is 150 Å². The molecule has 0 aliphatic rings. The molecule has 0 aromatic heterocycles. The minimum absolute atomic E-state index is 0.289. The van der Waals surface area contributed by atoms with Gasteiger partial charge in [-0.1, -0.05) is 0 Å². The Morgan fingerprint density at radius 1 is 1.28 bits per heavy atom. The molecule has 18 heavy (non-hydrogen) atoms. The molecule has 9 nitrogen and oxygen atoms in total. The second-order valence-electron chi connectivity index (χ2n) is 3.44. The molecule has 1 unspecified atom stereocenters. The molecule has 0 heterocycles. The molecule has 0 spiro atoms. The Balaban J connectivity index is 3.31. The lowest BCUT2D eigenvalue weighted by Gasteiger charge is -2.07. The molecule has 96 valence electrons. The summed E-state index contributed by atoms with van der Waals surface area (Å²) in [7, 11) is 0. The zero-order valence-electron chi connectivity index (χ0n) is 8.98. The Hall–Kier alpha value is -2.55. The van der Waals surface area contributed by atoms with Gasteiger partial charge in [0.2, 0.25) is 0 Å². The number of hydrogen-bond acceptors (Lipinski definition) is 6. The van der Waals surface area contributed by atoms with Crippen molar-refractivity contribution in [1.82, 2.24) is 0 Å². The fraction of sp³-hybridized carbons (Fsp3) is 0.222. The summed E-state index contributed by atoms with van der Waals surface area (Å²) in [5, 5.41) is 30.1. The van der Waals surface area contributed by atoms with Crippen molar-refractivity contribution < 1.29 is 19.7 Å². The van der Waals surface area contributed by atoms with Crippen molar-refractivity contribution >= 4 is 17.3 Å². The predicted molar refractivity (Wildman–Crippen MR) is 59.1 cm³/mol. The van der Waals surface area contributed by atoms with Crippen LogP contribution in [0.1, 0.15) is 5.56 Å². The van der Waals surface area contributed by atoms with Gasteiger partial charge in [-0.05, 0) is 6.07 Å². The summed E-state index contributed by atoms with van der Waals surface area (Å²) in [6, 6.07) is 1.85. The van der Waals surface area contributed by atoms with Crippen LogP contribution in [0.5, 0.6) is 0 Å². The molecule has 9 heteroatoms. The normalized spacial score (nSPS) is 11.8. The van der Waals surface area contributed by atoms with Crippen LogP contribution in [0.15, 0.2) is 18.2 Å². The first-order valence-corrected chi connectivity index (χ1v) is 4.73. The summed E-state index contributed by atoms with van der Waals surface area (Å²) in [5.74, 6) is -1.39. The molecule has 0 aliphatic heterocycles. The first-order chi connectivity index (χ1) is 8.34. The van der Waals surface area contributed by atoms with Gasteiger partial charge in [0.15, 0.2) is 0 Å². The van der Waals surface area contributed by atoms with Crippen LogP contribution >= 0.6 is 0 Å². The first-order valence-electron chi connectivity index (χ1n) is 4.73. The number of carbonyl (C=O) groups is 1. The number of nitrogens with zero attached hydrogens (tertiary/aromatic N) is 2. The standard InChI is InChI=1S/C9H9N3O6/c10-6(9(13)14)4-5-7(11(15)16)2-1-3-8(5)12(17)18/h1-3,6H,4,10H2,(H,13,14). The van der Waals surface area contributed by atoms with Crippen molar-refractivity contribution in [2.45, 2.75) is 12.5 Å². The summed E-state index contributed by atoms with van der Waals surface area (Å²) in [6.45, 7) is 0. The highest BCUT2D eigenvalue weighted by atomic mass is 16.6. The number of nitro groups is 2. The van der Waals surface area contributed by atoms with E-state index < -0.39 is 39.7 Å². The van der Waals surface area contributed by atoms with Gasteiger partial charge in [0, 0.05) is 18.6 Å². The molecule has 0 fully saturated rings.